The molecule has 1 fully saturated rings. The number of aryl methyl sites for hydroxylation is 1. The van der Waals surface area contributed by atoms with Crippen LogP contribution in [0.5, 0.6) is 5.75 Å². The molecule has 1 aliphatic rings. The van der Waals surface area contributed by atoms with Gasteiger partial charge in [-0.1, -0.05) is 13.8 Å². The number of anilines is 1. The van der Waals surface area contributed by atoms with Gasteiger partial charge in [0.25, 0.3) is 0 Å². The van der Waals surface area contributed by atoms with Crippen molar-refractivity contribution in [2.75, 3.05) is 39.1 Å². The summed E-state index contributed by atoms with van der Waals surface area (Å²) in [6, 6.07) is 4.84. The monoisotopic (exact) mass is 564 g/mol. The molecule has 13 heteroatoms. The molecule has 1 aromatic carbocycles. The molecule has 0 radical (unpaired) electrons. The summed E-state index contributed by atoms with van der Waals surface area (Å²) < 4.78 is 36.2. The molecule has 3 rings (SSSR count). The summed E-state index contributed by atoms with van der Waals surface area (Å²) in [5.74, 6) is -1.77. The van der Waals surface area contributed by atoms with Crippen LogP contribution in [0.15, 0.2) is 28.1 Å². The van der Waals surface area contributed by atoms with Crippen molar-refractivity contribution < 1.29 is 28.2 Å². The van der Waals surface area contributed by atoms with Gasteiger partial charge in [-0.15, -0.1) is 0 Å². The Hall–Kier alpha value is -2.84. The molecule has 1 aliphatic heterocycles. The lowest BCUT2D eigenvalue weighted by atomic mass is 10.1. The van der Waals surface area contributed by atoms with Crippen molar-refractivity contribution in [2.24, 2.45) is 12.0 Å². The highest BCUT2D eigenvalue weighted by Gasteiger charge is 2.34. The van der Waals surface area contributed by atoms with Crippen molar-refractivity contribution in [3.05, 3.63) is 35.2 Å². The van der Waals surface area contributed by atoms with Gasteiger partial charge in [-0.2, -0.15) is 5.10 Å². The molecule has 1 unspecified atom stereocenters. The number of aldehydes is 1. The molecule has 1 atom stereocenters. The summed E-state index contributed by atoms with van der Waals surface area (Å²) >= 11 is 0. The van der Waals surface area contributed by atoms with Crippen molar-refractivity contribution in [3.63, 3.8) is 0 Å². The minimum atomic E-state index is -3.85. The van der Waals surface area contributed by atoms with Crippen LogP contribution in [-0.4, -0.2) is 85.3 Å². The summed E-state index contributed by atoms with van der Waals surface area (Å²) in [6.07, 6.45) is 4.05. The van der Waals surface area contributed by atoms with E-state index in [0.717, 1.165) is 25.8 Å². The summed E-state index contributed by atoms with van der Waals surface area (Å²) in [5, 5.41) is 28.2. The molecule has 0 spiro atoms. The van der Waals surface area contributed by atoms with E-state index in [0.29, 0.717) is 43.2 Å². The first kappa shape index (κ1) is 30.7. The number of sulfonamides is 1. The Morgan fingerprint density at radius 3 is 2.64 bits per heavy atom. The van der Waals surface area contributed by atoms with Crippen molar-refractivity contribution in [1.82, 2.24) is 19.4 Å². The van der Waals surface area contributed by atoms with E-state index in [-0.39, 0.29) is 34.2 Å². The molecule has 1 aromatic heterocycles. The van der Waals surface area contributed by atoms with Crippen LogP contribution in [0.4, 0.5) is 5.69 Å². The number of amidine groups is 1. The molecule has 39 heavy (non-hydrogen) atoms. The smallest absolute Gasteiger partial charge is 0.240 e. The van der Waals surface area contributed by atoms with Crippen LogP contribution in [0.3, 0.4) is 0 Å². The molecule has 0 aliphatic carbocycles. The molecule has 0 saturated carbocycles. The van der Waals surface area contributed by atoms with E-state index >= 15 is 0 Å². The third-order valence-corrected chi connectivity index (χ3v) is 8.42. The molecular formula is C26H40N6O6S. The normalized spacial score (nSPS) is 17.0. The SMILES string of the molecule is CCCOc1ccc(S(=O)(=O)NCCC2CCCN2C)cc1C(=NC)Nc1c(C(O)(O)CC)nn(C)c1C=O. The summed E-state index contributed by atoms with van der Waals surface area (Å²) in [5.41, 5.74) is 0.280. The molecular weight excluding hydrogens is 524 g/mol. The minimum Gasteiger partial charge on any atom is -0.493 e. The van der Waals surface area contributed by atoms with Crippen LogP contribution in [-0.2, 0) is 22.9 Å². The molecule has 2 aromatic rings. The van der Waals surface area contributed by atoms with Gasteiger partial charge in [0.15, 0.2) is 6.29 Å². The number of aliphatic imine (C=N–C) groups is 1. The average molecular weight is 565 g/mol. The van der Waals surface area contributed by atoms with Crippen molar-refractivity contribution in [1.29, 1.82) is 0 Å². The molecule has 4 N–H and O–H groups in total. The van der Waals surface area contributed by atoms with Crippen LogP contribution < -0.4 is 14.8 Å². The second-order valence-corrected chi connectivity index (χ2v) is 11.5. The Bertz CT molecular complexity index is 1290. The Labute approximate surface area is 230 Å². The third kappa shape index (κ3) is 7.03. The number of hydrogen-bond donors (Lipinski definition) is 4. The maximum atomic E-state index is 13.2. The highest BCUT2D eigenvalue weighted by Crippen LogP contribution is 2.32. The number of likely N-dealkylation sites (tertiary alicyclic amines) is 1. The first-order valence-electron chi connectivity index (χ1n) is 13.2. The lowest BCUT2D eigenvalue weighted by molar-refractivity contribution is -0.173. The topological polar surface area (TPSA) is 158 Å². The van der Waals surface area contributed by atoms with Gasteiger partial charge in [0, 0.05) is 33.1 Å². The summed E-state index contributed by atoms with van der Waals surface area (Å²) in [4.78, 5) is 18.4. The second-order valence-electron chi connectivity index (χ2n) is 9.69. The zero-order valence-corrected chi connectivity index (χ0v) is 24.1. The van der Waals surface area contributed by atoms with Gasteiger partial charge in [0.05, 0.1) is 22.8 Å². The number of hydrogen-bond acceptors (Lipinski definition) is 9. The van der Waals surface area contributed by atoms with Gasteiger partial charge in [-0.05, 0) is 57.5 Å². The Balaban J connectivity index is 1.97. The van der Waals surface area contributed by atoms with Gasteiger partial charge in [-0.25, -0.2) is 13.1 Å². The molecule has 2 heterocycles. The first-order valence-corrected chi connectivity index (χ1v) is 14.7. The minimum absolute atomic E-state index is 0.0262. The number of ether oxygens (including phenoxy) is 1. The van der Waals surface area contributed by atoms with E-state index in [1.54, 1.807) is 13.0 Å². The van der Waals surface area contributed by atoms with E-state index in [1.165, 1.54) is 30.9 Å². The predicted octanol–water partition coefficient (Wildman–Crippen LogP) is 1.82. The van der Waals surface area contributed by atoms with E-state index < -0.39 is 15.8 Å². The number of nitrogens with zero attached hydrogens (tertiary/aromatic N) is 4. The molecule has 0 amide bonds. The number of carbonyl (C=O) groups is 1. The molecule has 0 bridgehead atoms. The quantitative estimate of drug-likeness (QED) is 0.123. The fraction of sp³-hybridized carbons (Fsp3) is 0.577. The van der Waals surface area contributed by atoms with Crippen LogP contribution >= 0.6 is 0 Å². The maximum absolute atomic E-state index is 13.2. The highest BCUT2D eigenvalue weighted by atomic mass is 32.2. The lowest BCUT2D eigenvalue weighted by Crippen LogP contribution is -2.32. The van der Waals surface area contributed by atoms with E-state index in [2.05, 4.69) is 25.0 Å². The van der Waals surface area contributed by atoms with E-state index in [4.69, 9.17) is 4.74 Å². The number of carbonyl (C=O) groups excluding carboxylic acids is 1. The Kier molecular flexibility index (Phi) is 10.2. The highest BCUT2D eigenvalue weighted by molar-refractivity contribution is 7.89. The van der Waals surface area contributed by atoms with Crippen LogP contribution in [0.1, 0.15) is 67.7 Å². The maximum Gasteiger partial charge on any atom is 0.240 e. The van der Waals surface area contributed by atoms with Crippen molar-refractivity contribution in [2.45, 2.75) is 62.7 Å². The molecule has 12 nitrogen and oxygen atoms in total. The zero-order valence-electron chi connectivity index (χ0n) is 23.3. The lowest BCUT2D eigenvalue weighted by Gasteiger charge is -2.21. The van der Waals surface area contributed by atoms with Gasteiger partial charge >= 0.3 is 0 Å². The average Bonchev–Trinajstić information content (AvgIpc) is 3.47. The fourth-order valence-electron chi connectivity index (χ4n) is 4.59. The number of aromatic nitrogens is 2. The Morgan fingerprint density at radius 2 is 2.05 bits per heavy atom. The second kappa shape index (κ2) is 13.0. The predicted molar refractivity (Wildman–Crippen MR) is 149 cm³/mol. The van der Waals surface area contributed by atoms with Crippen LogP contribution in [0, 0.1) is 0 Å². The number of nitrogens with one attached hydrogen (secondary N) is 2. The summed E-state index contributed by atoms with van der Waals surface area (Å²) in [7, 11) is 1.20. The van der Waals surface area contributed by atoms with Crippen molar-refractivity contribution in [3.8, 4) is 5.75 Å². The summed E-state index contributed by atoms with van der Waals surface area (Å²) in [6.45, 7) is 5.22. The van der Waals surface area contributed by atoms with E-state index in [9.17, 15) is 23.4 Å². The Morgan fingerprint density at radius 1 is 1.31 bits per heavy atom. The van der Waals surface area contributed by atoms with Gasteiger partial charge in [-0.3, -0.25) is 14.5 Å². The number of rotatable bonds is 13. The van der Waals surface area contributed by atoms with Crippen molar-refractivity contribution >= 4 is 27.8 Å². The zero-order chi connectivity index (χ0) is 28.8. The molecule has 216 valence electrons. The number of benzene rings is 1. The van der Waals surface area contributed by atoms with E-state index in [1.807, 2.05) is 14.0 Å². The first-order chi connectivity index (χ1) is 18.5. The largest absolute Gasteiger partial charge is 0.493 e. The standard InChI is InChI=1S/C26H40N6O6S/c1-6-15-38-22-11-10-19(39(36,37)28-13-12-18-9-8-14-31(18)4)16-20(22)25(27-3)29-23-21(17-33)32(5)30-24(23)26(34,35)7-2/h10-11,16-18,28,34-35H,6-9,12-15H2,1-5H3,(H,27,29). The van der Waals surface area contributed by atoms with Crippen LogP contribution in [0.2, 0.25) is 0 Å². The van der Waals surface area contributed by atoms with Gasteiger partial charge in [0.2, 0.25) is 15.8 Å². The van der Waals surface area contributed by atoms with Crippen LogP contribution in [0.25, 0.3) is 0 Å². The molecule has 1 saturated heterocycles. The van der Waals surface area contributed by atoms with Gasteiger partial charge in [0.1, 0.15) is 23.0 Å². The third-order valence-electron chi connectivity index (χ3n) is 6.96. The van der Waals surface area contributed by atoms with Gasteiger partial charge < -0.3 is 25.2 Å². The fourth-order valence-corrected chi connectivity index (χ4v) is 5.67. The number of aliphatic hydroxyl groups is 2.